The zero-order chi connectivity index (χ0) is 15.3. The molecule has 0 radical (unpaired) electrons. The zero-order valence-corrected chi connectivity index (χ0v) is 12.9. The van der Waals surface area contributed by atoms with Gasteiger partial charge in [-0.15, -0.1) is 32.2 Å². The van der Waals surface area contributed by atoms with Crippen LogP contribution >= 0.6 is 12.4 Å². The van der Waals surface area contributed by atoms with Gasteiger partial charge in [0.1, 0.15) is 5.75 Å². The first kappa shape index (κ1) is 18.8. The Balaban J connectivity index is 0.00000242. The fraction of sp³-hybridized carbons (Fsp3) is 0.467. The molecule has 0 unspecified atom stereocenters. The molecule has 1 atom stereocenters. The molecule has 1 saturated heterocycles. The molecule has 0 spiro atoms. The molecule has 0 saturated carbocycles. The summed E-state index contributed by atoms with van der Waals surface area (Å²) in [7, 11) is 0. The van der Waals surface area contributed by atoms with Crippen molar-refractivity contribution in [2.24, 2.45) is 0 Å². The summed E-state index contributed by atoms with van der Waals surface area (Å²) in [6.07, 6.45) is -2.18. The summed E-state index contributed by atoms with van der Waals surface area (Å²) in [6.45, 7) is 7.24. The Kier molecular flexibility index (Phi) is 7.19. The van der Waals surface area contributed by atoms with Crippen LogP contribution in [-0.2, 0) is 0 Å². The largest absolute Gasteiger partial charge is 0.573 e. The van der Waals surface area contributed by atoms with Crippen LogP contribution in [0.2, 0.25) is 0 Å². The molecule has 0 aliphatic carbocycles. The number of ether oxygens (including phenoxy) is 1. The van der Waals surface area contributed by atoms with E-state index in [-0.39, 0.29) is 24.2 Å². The van der Waals surface area contributed by atoms with Crippen LogP contribution in [0.3, 0.4) is 0 Å². The van der Waals surface area contributed by atoms with Gasteiger partial charge in [-0.05, 0) is 24.1 Å². The Morgan fingerprint density at radius 1 is 1.32 bits per heavy atom. The van der Waals surface area contributed by atoms with E-state index >= 15 is 0 Å². The molecular weight excluding hydrogens is 317 g/mol. The molecule has 0 amide bonds. The first-order valence-electron chi connectivity index (χ1n) is 6.91. The van der Waals surface area contributed by atoms with E-state index in [0.29, 0.717) is 6.42 Å². The summed E-state index contributed by atoms with van der Waals surface area (Å²) < 4.78 is 41.0. The van der Waals surface area contributed by atoms with Gasteiger partial charge in [0.2, 0.25) is 0 Å². The van der Waals surface area contributed by atoms with Gasteiger partial charge in [-0.3, -0.25) is 4.90 Å². The van der Waals surface area contributed by atoms with E-state index in [1.54, 1.807) is 12.1 Å². The monoisotopic (exact) mass is 336 g/mol. The van der Waals surface area contributed by atoms with E-state index in [1.807, 2.05) is 6.07 Å². The van der Waals surface area contributed by atoms with Crippen LogP contribution in [0.5, 0.6) is 5.75 Å². The average molecular weight is 337 g/mol. The molecule has 1 aliphatic heterocycles. The molecule has 22 heavy (non-hydrogen) atoms. The molecule has 1 heterocycles. The van der Waals surface area contributed by atoms with Crippen molar-refractivity contribution >= 4 is 12.4 Å². The minimum absolute atomic E-state index is 0. The minimum atomic E-state index is -4.67. The zero-order valence-electron chi connectivity index (χ0n) is 12.1. The maximum absolute atomic E-state index is 12.3. The summed E-state index contributed by atoms with van der Waals surface area (Å²) in [5.41, 5.74) is 0.818. The number of benzene rings is 1. The minimum Gasteiger partial charge on any atom is -0.406 e. The van der Waals surface area contributed by atoms with Crippen molar-refractivity contribution in [3.8, 4) is 5.75 Å². The number of nitrogens with zero attached hydrogens (tertiary/aromatic N) is 1. The predicted molar refractivity (Wildman–Crippen MR) is 82.4 cm³/mol. The van der Waals surface area contributed by atoms with Crippen molar-refractivity contribution in [3.05, 3.63) is 42.5 Å². The van der Waals surface area contributed by atoms with Gasteiger partial charge in [0.25, 0.3) is 0 Å². The number of piperazine rings is 1. The standard InChI is InChI=1S/C15H19F3N2O.ClH/c1-2-4-14(20-9-7-19-8-10-20)12-5-3-6-13(11-12)21-15(16,17)18;/h2-3,5-6,11,14,19H,1,4,7-10H2;1H/t14-;/m0./s1. The van der Waals surface area contributed by atoms with Gasteiger partial charge in [-0.25, -0.2) is 0 Å². The summed E-state index contributed by atoms with van der Waals surface area (Å²) in [5.74, 6) is -0.177. The smallest absolute Gasteiger partial charge is 0.406 e. The average Bonchev–Trinajstić information content (AvgIpc) is 2.44. The molecule has 1 aromatic carbocycles. The number of hydrogen-bond donors (Lipinski definition) is 1. The summed E-state index contributed by atoms with van der Waals surface area (Å²) in [4.78, 5) is 2.25. The fourth-order valence-electron chi connectivity index (χ4n) is 2.57. The molecule has 2 rings (SSSR count). The van der Waals surface area contributed by atoms with Crippen molar-refractivity contribution in [2.45, 2.75) is 18.8 Å². The van der Waals surface area contributed by atoms with Crippen LogP contribution in [0.1, 0.15) is 18.0 Å². The van der Waals surface area contributed by atoms with Crippen molar-refractivity contribution in [1.29, 1.82) is 0 Å². The lowest BCUT2D eigenvalue weighted by Gasteiger charge is -2.35. The maximum atomic E-state index is 12.3. The Morgan fingerprint density at radius 2 is 2.00 bits per heavy atom. The quantitative estimate of drug-likeness (QED) is 0.833. The van der Waals surface area contributed by atoms with E-state index < -0.39 is 6.36 Å². The maximum Gasteiger partial charge on any atom is 0.573 e. The second-order valence-corrected chi connectivity index (χ2v) is 4.95. The lowest BCUT2D eigenvalue weighted by molar-refractivity contribution is -0.274. The number of rotatable bonds is 5. The third-order valence-corrected chi connectivity index (χ3v) is 3.46. The van der Waals surface area contributed by atoms with Crippen molar-refractivity contribution in [3.63, 3.8) is 0 Å². The molecular formula is C15H20ClF3N2O. The van der Waals surface area contributed by atoms with E-state index in [1.165, 1.54) is 12.1 Å². The molecule has 0 aromatic heterocycles. The van der Waals surface area contributed by atoms with Crippen LogP contribution in [-0.4, -0.2) is 37.4 Å². The van der Waals surface area contributed by atoms with Crippen LogP contribution in [0.4, 0.5) is 13.2 Å². The molecule has 1 aliphatic rings. The summed E-state index contributed by atoms with van der Waals surface area (Å²) >= 11 is 0. The van der Waals surface area contributed by atoms with E-state index in [4.69, 9.17) is 0 Å². The molecule has 124 valence electrons. The number of halogens is 4. The van der Waals surface area contributed by atoms with E-state index in [0.717, 1.165) is 31.7 Å². The number of hydrogen-bond acceptors (Lipinski definition) is 3. The Labute approximate surface area is 134 Å². The molecule has 3 nitrogen and oxygen atoms in total. The predicted octanol–water partition coefficient (Wildman–Crippen LogP) is 3.53. The van der Waals surface area contributed by atoms with E-state index in [9.17, 15) is 13.2 Å². The van der Waals surface area contributed by atoms with Gasteiger partial charge in [0.15, 0.2) is 0 Å². The SMILES string of the molecule is C=CC[C@@H](c1cccc(OC(F)(F)F)c1)N1CCNCC1.Cl. The van der Waals surface area contributed by atoms with Gasteiger partial charge >= 0.3 is 6.36 Å². The first-order chi connectivity index (χ1) is 9.99. The van der Waals surface area contributed by atoms with Crippen LogP contribution in [0.25, 0.3) is 0 Å². The molecule has 0 bridgehead atoms. The number of nitrogens with one attached hydrogen (secondary N) is 1. The summed E-state index contributed by atoms with van der Waals surface area (Å²) in [5, 5.41) is 3.26. The van der Waals surface area contributed by atoms with Crippen molar-refractivity contribution < 1.29 is 17.9 Å². The molecule has 1 aromatic rings. The third kappa shape index (κ3) is 5.51. The highest BCUT2D eigenvalue weighted by Crippen LogP contribution is 2.30. The summed E-state index contributed by atoms with van der Waals surface area (Å²) in [6, 6.07) is 6.23. The lowest BCUT2D eigenvalue weighted by atomic mass is 10.0. The van der Waals surface area contributed by atoms with Gasteiger partial charge in [-0.1, -0.05) is 18.2 Å². The fourth-order valence-corrected chi connectivity index (χ4v) is 2.57. The molecule has 1 fully saturated rings. The van der Waals surface area contributed by atoms with Gasteiger partial charge < -0.3 is 10.1 Å². The normalized spacial score (nSPS) is 17.4. The highest BCUT2D eigenvalue weighted by Gasteiger charge is 2.31. The number of alkyl halides is 3. The first-order valence-corrected chi connectivity index (χ1v) is 6.91. The Bertz CT molecular complexity index is 476. The third-order valence-electron chi connectivity index (χ3n) is 3.46. The van der Waals surface area contributed by atoms with Crippen LogP contribution < -0.4 is 10.1 Å². The van der Waals surface area contributed by atoms with Gasteiger partial charge in [0, 0.05) is 32.2 Å². The Morgan fingerprint density at radius 3 is 2.59 bits per heavy atom. The second kappa shape index (κ2) is 8.41. The van der Waals surface area contributed by atoms with Crippen molar-refractivity contribution in [1.82, 2.24) is 10.2 Å². The molecule has 7 heteroatoms. The second-order valence-electron chi connectivity index (χ2n) is 4.95. The highest BCUT2D eigenvalue weighted by atomic mass is 35.5. The van der Waals surface area contributed by atoms with Gasteiger partial charge in [-0.2, -0.15) is 0 Å². The topological polar surface area (TPSA) is 24.5 Å². The van der Waals surface area contributed by atoms with Crippen LogP contribution in [0, 0.1) is 0 Å². The molecule has 1 N–H and O–H groups in total. The van der Waals surface area contributed by atoms with E-state index in [2.05, 4.69) is 21.5 Å². The highest BCUT2D eigenvalue weighted by molar-refractivity contribution is 5.85. The lowest BCUT2D eigenvalue weighted by Crippen LogP contribution is -2.45. The Hall–Kier alpha value is -1.24. The van der Waals surface area contributed by atoms with Crippen molar-refractivity contribution in [2.75, 3.05) is 26.2 Å². The van der Waals surface area contributed by atoms with Gasteiger partial charge in [0.05, 0.1) is 0 Å². The van der Waals surface area contributed by atoms with Crippen LogP contribution in [0.15, 0.2) is 36.9 Å².